The Morgan fingerprint density at radius 2 is 1.49 bits per heavy atom. The number of nitrogens with zero attached hydrogens (tertiary/aromatic N) is 3. The number of aromatic nitrogens is 3. The van der Waals surface area contributed by atoms with E-state index in [1.807, 2.05) is 0 Å². The third-order valence-corrected chi connectivity index (χ3v) is 8.43. The summed E-state index contributed by atoms with van der Waals surface area (Å²) in [7, 11) is -7.50. The lowest BCUT2D eigenvalue weighted by atomic mass is 10.1. The highest BCUT2D eigenvalue weighted by Crippen LogP contribution is 2.33. The number of sulfone groups is 1. The summed E-state index contributed by atoms with van der Waals surface area (Å²) < 4.78 is 92.2. The van der Waals surface area contributed by atoms with Crippen LogP contribution in [0.25, 0.3) is 28.0 Å². The summed E-state index contributed by atoms with van der Waals surface area (Å²) in [6, 6.07) is 17.8. The van der Waals surface area contributed by atoms with Crippen molar-refractivity contribution in [1.82, 2.24) is 14.5 Å². The van der Waals surface area contributed by atoms with Crippen molar-refractivity contribution in [2.24, 2.45) is 0 Å². The van der Waals surface area contributed by atoms with E-state index in [9.17, 15) is 30.0 Å². The maximum atomic E-state index is 13.0. The van der Waals surface area contributed by atoms with E-state index in [1.165, 1.54) is 42.7 Å². The number of anilines is 1. The van der Waals surface area contributed by atoms with E-state index >= 15 is 0 Å². The first kappa shape index (κ1) is 26.4. The van der Waals surface area contributed by atoms with Gasteiger partial charge in [-0.05, 0) is 60.7 Å². The zero-order chi connectivity index (χ0) is 28.0. The van der Waals surface area contributed by atoms with Gasteiger partial charge in [-0.2, -0.15) is 13.2 Å². The molecule has 39 heavy (non-hydrogen) atoms. The van der Waals surface area contributed by atoms with Crippen molar-refractivity contribution in [1.29, 1.82) is 0 Å². The smallest absolute Gasteiger partial charge is 0.301 e. The predicted molar refractivity (Wildman–Crippen MR) is 140 cm³/mol. The van der Waals surface area contributed by atoms with Gasteiger partial charge in [0.15, 0.2) is 9.84 Å². The highest BCUT2D eigenvalue weighted by atomic mass is 32.2. The summed E-state index contributed by atoms with van der Waals surface area (Å²) in [6.45, 7) is 0. The van der Waals surface area contributed by atoms with Gasteiger partial charge >= 0.3 is 6.18 Å². The number of rotatable bonds is 6. The number of fused-ring (bicyclic) bond motifs is 1. The topological polar surface area (TPSA) is 111 Å². The van der Waals surface area contributed by atoms with Gasteiger partial charge in [-0.3, -0.25) is 4.72 Å². The first-order chi connectivity index (χ1) is 18.3. The Balaban J connectivity index is 1.46. The van der Waals surface area contributed by atoms with Crippen molar-refractivity contribution in [3.8, 4) is 16.9 Å². The van der Waals surface area contributed by atoms with Gasteiger partial charge in [0.1, 0.15) is 12.0 Å². The Labute approximate surface area is 221 Å². The third-order valence-electron chi connectivity index (χ3n) is 5.91. The Morgan fingerprint density at radius 3 is 2.13 bits per heavy atom. The van der Waals surface area contributed by atoms with E-state index in [4.69, 9.17) is 0 Å². The molecular formula is C26H19F3N4O4S2. The van der Waals surface area contributed by atoms with Gasteiger partial charge in [-0.15, -0.1) is 0 Å². The Hall–Kier alpha value is -4.23. The fourth-order valence-electron chi connectivity index (χ4n) is 4.01. The summed E-state index contributed by atoms with van der Waals surface area (Å²) in [5.74, 6) is 0. The van der Waals surface area contributed by atoms with Crippen molar-refractivity contribution in [2.75, 3.05) is 11.0 Å². The number of nitrogens with one attached hydrogen (secondary N) is 1. The summed E-state index contributed by atoms with van der Waals surface area (Å²) in [5, 5.41) is 0.592. The number of hydrogen-bond donors (Lipinski definition) is 1. The van der Waals surface area contributed by atoms with Gasteiger partial charge < -0.3 is 4.57 Å². The van der Waals surface area contributed by atoms with Crippen LogP contribution in [0.5, 0.6) is 0 Å². The Bertz CT molecular complexity index is 1900. The molecule has 0 fully saturated rings. The molecule has 0 saturated carbocycles. The lowest BCUT2D eigenvalue weighted by molar-refractivity contribution is -0.137. The van der Waals surface area contributed by atoms with Crippen LogP contribution in [0.2, 0.25) is 0 Å². The second kappa shape index (κ2) is 9.50. The molecule has 0 amide bonds. The SMILES string of the molecule is CS(=O)(=O)c1ccc(S(=O)(=O)Nc2cccc(-n3ccc4c(-c5ccc(C(F)(F)F)cc5)ncnc43)c2)cc1. The fraction of sp³-hybridized carbons (Fsp3) is 0.0769. The number of alkyl halides is 3. The molecule has 0 aliphatic carbocycles. The maximum absolute atomic E-state index is 13.0. The average Bonchev–Trinajstić information content (AvgIpc) is 3.32. The number of benzene rings is 3. The van der Waals surface area contributed by atoms with Crippen LogP contribution in [0.15, 0.2) is 101 Å². The van der Waals surface area contributed by atoms with Crippen molar-refractivity contribution < 1.29 is 30.0 Å². The zero-order valence-corrected chi connectivity index (χ0v) is 21.7. The van der Waals surface area contributed by atoms with Crippen molar-refractivity contribution in [2.45, 2.75) is 16.0 Å². The molecule has 5 aromatic rings. The van der Waals surface area contributed by atoms with Gasteiger partial charge in [-0.25, -0.2) is 26.8 Å². The minimum Gasteiger partial charge on any atom is -0.301 e. The minimum absolute atomic E-state index is 0.000544. The molecule has 5 rings (SSSR count). The highest BCUT2D eigenvalue weighted by Gasteiger charge is 2.30. The van der Waals surface area contributed by atoms with Crippen LogP contribution in [0, 0.1) is 0 Å². The molecule has 0 saturated heterocycles. The second-order valence-corrected chi connectivity index (χ2v) is 12.3. The van der Waals surface area contributed by atoms with E-state index in [2.05, 4.69) is 14.7 Å². The molecule has 0 bridgehead atoms. The molecule has 2 heterocycles. The average molecular weight is 573 g/mol. The summed E-state index contributed by atoms with van der Waals surface area (Å²) in [6.07, 6.45) is -0.416. The van der Waals surface area contributed by atoms with Crippen molar-refractivity contribution in [3.63, 3.8) is 0 Å². The molecule has 3 aromatic carbocycles. The van der Waals surface area contributed by atoms with Gasteiger partial charge in [-0.1, -0.05) is 18.2 Å². The molecule has 0 aliphatic rings. The van der Waals surface area contributed by atoms with Crippen LogP contribution in [0.3, 0.4) is 0 Å². The lowest BCUT2D eigenvalue weighted by Gasteiger charge is -2.11. The number of sulfonamides is 1. The third kappa shape index (κ3) is 5.36. The van der Waals surface area contributed by atoms with Gasteiger partial charge in [0.25, 0.3) is 10.0 Å². The van der Waals surface area contributed by atoms with Crippen molar-refractivity contribution >= 4 is 36.6 Å². The summed E-state index contributed by atoms with van der Waals surface area (Å²) in [4.78, 5) is 8.48. The van der Waals surface area contributed by atoms with E-state index in [1.54, 1.807) is 41.1 Å². The summed E-state index contributed by atoms with van der Waals surface area (Å²) >= 11 is 0. The second-order valence-electron chi connectivity index (χ2n) is 8.62. The first-order valence-electron chi connectivity index (χ1n) is 11.3. The number of halogens is 3. The normalized spacial score (nSPS) is 12.5. The summed E-state index contributed by atoms with van der Waals surface area (Å²) in [5.41, 5.74) is 1.45. The predicted octanol–water partition coefficient (Wildman–Crippen LogP) is 5.31. The largest absolute Gasteiger partial charge is 0.416 e. The van der Waals surface area contributed by atoms with Crippen LogP contribution in [0.4, 0.5) is 18.9 Å². The van der Waals surface area contributed by atoms with Crippen LogP contribution in [-0.4, -0.2) is 37.6 Å². The molecule has 13 heteroatoms. The van der Waals surface area contributed by atoms with Crippen LogP contribution in [-0.2, 0) is 26.0 Å². The van der Waals surface area contributed by atoms with Crippen LogP contribution < -0.4 is 4.72 Å². The molecule has 2 aromatic heterocycles. The van der Waals surface area contributed by atoms with E-state index in [-0.39, 0.29) is 15.5 Å². The van der Waals surface area contributed by atoms with E-state index in [0.717, 1.165) is 18.4 Å². The highest BCUT2D eigenvalue weighted by molar-refractivity contribution is 7.92. The van der Waals surface area contributed by atoms with Gasteiger partial charge in [0.05, 0.1) is 26.7 Å². The fourth-order valence-corrected chi connectivity index (χ4v) is 5.69. The molecule has 1 N–H and O–H groups in total. The van der Waals surface area contributed by atoms with Gasteiger partial charge in [0, 0.05) is 29.1 Å². The molecule has 8 nitrogen and oxygen atoms in total. The molecule has 0 atom stereocenters. The molecule has 0 spiro atoms. The molecule has 200 valence electrons. The van der Waals surface area contributed by atoms with Crippen LogP contribution >= 0.6 is 0 Å². The quantitative estimate of drug-likeness (QED) is 0.295. The van der Waals surface area contributed by atoms with Gasteiger partial charge in [0.2, 0.25) is 0 Å². The molecule has 0 radical (unpaired) electrons. The lowest BCUT2D eigenvalue weighted by Crippen LogP contribution is -2.13. The Kier molecular flexibility index (Phi) is 6.43. The van der Waals surface area contributed by atoms with E-state index in [0.29, 0.717) is 28.0 Å². The minimum atomic E-state index is -4.45. The molecule has 0 unspecified atom stereocenters. The maximum Gasteiger partial charge on any atom is 0.416 e. The standard InChI is InChI=1S/C26H19F3N4O4S2/c1-38(34,35)21-9-11-22(12-10-21)39(36,37)32-19-3-2-4-20(15-19)33-14-13-23-24(30-16-31-25(23)33)17-5-7-18(8-6-17)26(27,28)29/h2-16,32H,1H3. The number of hydrogen-bond acceptors (Lipinski definition) is 6. The zero-order valence-electron chi connectivity index (χ0n) is 20.1. The molecule has 0 aliphatic heterocycles. The monoisotopic (exact) mass is 572 g/mol. The van der Waals surface area contributed by atoms with E-state index < -0.39 is 31.6 Å². The first-order valence-corrected chi connectivity index (χ1v) is 14.6. The molecular weight excluding hydrogens is 553 g/mol. The van der Waals surface area contributed by atoms with Crippen molar-refractivity contribution in [3.05, 3.63) is 97.0 Å². The van der Waals surface area contributed by atoms with Crippen LogP contribution in [0.1, 0.15) is 5.56 Å². The Morgan fingerprint density at radius 1 is 0.821 bits per heavy atom.